The summed E-state index contributed by atoms with van der Waals surface area (Å²) in [5.41, 5.74) is 2.11. The highest BCUT2D eigenvalue weighted by Gasteiger charge is 2.33. The largest absolute Gasteiger partial charge is 0.354 e. The van der Waals surface area contributed by atoms with Crippen LogP contribution in [-0.2, 0) is 26.0 Å². The van der Waals surface area contributed by atoms with Crippen molar-refractivity contribution in [2.45, 2.75) is 51.5 Å². The van der Waals surface area contributed by atoms with Crippen molar-refractivity contribution < 1.29 is 18.0 Å². The molecule has 1 atom stereocenters. The van der Waals surface area contributed by atoms with Gasteiger partial charge in [-0.3, -0.25) is 13.9 Å². The smallest absolute Gasteiger partial charge is 0.264 e. The van der Waals surface area contributed by atoms with Gasteiger partial charge in [0.15, 0.2) is 0 Å². The summed E-state index contributed by atoms with van der Waals surface area (Å²) in [4.78, 5) is 28.8. The van der Waals surface area contributed by atoms with Gasteiger partial charge in [0, 0.05) is 18.1 Å². The number of sulfonamides is 1. The molecule has 214 valence electrons. The van der Waals surface area contributed by atoms with Crippen molar-refractivity contribution in [1.82, 2.24) is 10.2 Å². The summed E-state index contributed by atoms with van der Waals surface area (Å²) in [6.45, 7) is 7.94. The number of hydrogen-bond acceptors (Lipinski definition) is 4. The molecule has 0 heterocycles. The molecule has 40 heavy (non-hydrogen) atoms. The summed E-state index contributed by atoms with van der Waals surface area (Å²) in [5.74, 6) is -0.458. The maximum absolute atomic E-state index is 14.1. The Morgan fingerprint density at radius 3 is 2.15 bits per heavy atom. The first-order valence-electron chi connectivity index (χ1n) is 13.5. The van der Waals surface area contributed by atoms with Crippen LogP contribution in [0.15, 0.2) is 83.8 Å². The molecule has 7 nitrogen and oxygen atoms in total. The summed E-state index contributed by atoms with van der Waals surface area (Å²) in [6, 6.07) is 21.8. The lowest BCUT2D eigenvalue weighted by molar-refractivity contribution is -0.139. The van der Waals surface area contributed by atoms with Gasteiger partial charge in [-0.15, -0.1) is 0 Å². The summed E-state index contributed by atoms with van der Waals surface area (Å²) in [7, 11) is -4.14. The molecule has 0 aromatic heterocycles. The third-order valence-corrected chi connectivity index (χ3v) is 8.65. The van der Waals surface area contributed by atoms with E-state index >= 15 is 0 Å². The zero-order chi connectivity index (χ0) is 29.3. The molecular formula is C31H38ClN3O4S. The number of anilines is 1. The Hall–Kier alpha value is -3.36. The fourth-order valence-corrected chi connectivity index (χ4v) is 6.01. The number of halogens is 1. The van der Waals surface area contributed by atoms with E-state index in [0.29, 0.717) is 35.7 Å². The number of amides is 2. The highest BCUT2D eigenvalue weighted by molar-refractivity contribution is 7.92. The van der Waals surface area contributed by atoms with Crippen LogP contribution in [0.4, 0.5) is 5.69 Å². The zero-order valence-electron chi connectivity index (χ0n) is 23.5. The summed E-state index contributed by atoms with van der Waals surface area (Å²) in [5, 5.41) is 3.35. The topological polar surface area (TPSA) is 86.8 Å². The molecule has 0 fully saturated rings. The first-order chi connectivity index (χ1) is 19.0. The second-order valence-electron chi connectivity index (χ2n) is 10.1. The Bertz CT molecular complexity index is 1380. The molecular weight excluding hydrogens is 546 g/mol. The quantitative estimate of drug-likeness (QED) is 0.289. The molecule has 0 bridgehead atoms. The van der Waals surface area contributed by atoms with E-state index < -0.39 is 28.5 Å². The Morgan fingerprint density at radius 1 is 0.925 bits per heavy atom. The van der Waals surface area contributed by atoms with Gasteiger partial charge in [0.05, 0.1) is 10.6 Å². The SMILES string of the molecule is CC[C@@H](C(=O)NCC(C)C)N(CCc1ccccc1)C(=O)CN(c1ccccc1C)S(=O)(=O)c1ccc(Cl)cc1. The van der Waals surface area contributed by atoms with E-state index in [0.717, 1.165) is 9.87 Å². The van der Waals surface area contributed by atoms with Crippen LogP contribution in [0.3, 0.4) is 0 Å². The number of nitrogens with zero attached hydrogens (tertiary/aromatic N) is 2. The highest BCUT2D eigenvalue weighted by atomic mass is 35.5. The van der Waals surface area contributed by atoms with Crippen molar-refractivity contribution in [3.8, 4) is 0 Å². The number of rotatable bonds is 13. The van der Waals surface area contributed by atoms with E-state index in [-0.39, 0.29) is 23.3 Å². The van der Waals surface area contributed by atoms with Gasteiger partial charge in [0.25, 0.3) is 10.0 Å². The minimum absolute atomic E-state index is 0.0190. The molecule has 0 saturated carbocycles. The second kappa shape index (κ2) is 14.3. The van der Waals surface area contributed by atoms with E-state index in [4.69, 9.17) is 11.6 Å². The van der Waals surface area contributed by atoms with E-state index in [1.165, 1.54) is 29.2 Å². The summed E-state index contributed by atoms with van der Waals surface area (Å²) in [6.07, 6.45) is 0.910. The van der Waals surface area contributed by atoms with Crippen LogP contribution in [-0.4, -0.2) is 50.8 Å². The van der Waals surface area contributed by atoms with Gasteiger partial charge in [-0.25, -0.2) is 8.42 Å². The molecule has 0 aliphatic carbocycles. The van der Waals surface area contributed by atoms with Gasteiger partial charge in [-0.05, 0) is 67.1 Å². The summed E-state index contributed by atoms with van der Waals surface area (Å²) < 4.78 is 29.0. The van der Waals surface area contributed by atoms with Crippen LogP contribution < -0.4 is 9.62 Å². The van der Waals surface area contributed by atoms with Crippen LogP contribution in [0.1, 0.15) is 38.3 Å². The minimum atomic E-state index is -4.14. The maximum atomic E-state index is 14.1. The number of nitrogens with one attached hydrogen (secondary N) is 1. The third-order valence-electron chi connectivity index (χ3n) is 6.62. The normalized spacial score (nSPS) is 12.2. The van der Waals surface area contributed by atoms with Crippen molar-refractivity contribution in [2.75, 3.05) is 23.9 Å². The number of carbonyl (C=O) groups is 2. The van der Waals surface area contributed by atoms with Gasteiger partial charge < -0.3 is 10.2 Å². The molecule has 3 aromatic carbocycles. The van der Waals surface area contributed by atoms with Crippen LogP contribution in [0.2, 0.25) is 5.02 Å². The van der Waals surface area contributed by atoms with Gasteiger partial charge in [-0.2, -0.15) is 0 Å². The molecule has 0 unspecified atom stereocenters. The number of carbonyl (C=O) groups excluding carboxylic acids is 2. The standard InChI is InChI=1S/C31H38ClN3O4S/c1-5-28(31(37)33-21-23(2)3)34(20-19-25-12-7-6-8-13-25)30(36)22-35(29-14-10-9-11-24(29)4)40(38,39)27-17-15-26(32)16-18-27/h6-18,23,28H,5,19-22H2,1-4H3,(H,33,37)/t28-/m0/s1. The lowest BCUT2D eigenvalue weighted by atomic mass is 10.1. The lowest BCUT2D eigenvalue weighted by Crippen LogP contribution is -2.53. The predicted octanol–water partition coefficient (Wildman–Crippen LogP) is 5.47. The Morgan fingerprint density at radius 2 is 1.55 bits per heavy atom. The van der Waals surface area contributed by atoms with Crippen molar-refractivity contribution in [3.05, 3.63) is 95.0 Å². The number of hydrogen-bond donors (Lipinski definition) is 1. The molecule has 0 spiro atoms. The second-order valence-corrected chi connectivity index (χ2v) is 12.4. The van der Waals surface area contributed by atoms with Gasteiger partial charge in [0.1, 0.15) is 12.6 Å². The number of aryl methyl sites for hydroxylation is 1. The molecule has 2 amide bonds. The first-order valence-corrected chi connectivity index (χ1v) is 15.3. The average Bonchev–Trinajstić information content (AvgIpc) is 2.93. The van der Waals surface area contributed by atoms with Crippen molar-refractivity contribution in [1.29, 1.82) is 0 Å². The van der Waals surface area contributed by atoms with E-state index in [9.17, 15) is 18.0 Å². The molecule has 0 aliphatic heterocycles. The van der Waals surface area contributed by atoms with E-state index in [1.54, 1.807) is 25.1 Å². The van der Waals surface area contributed by atoms with Crippen LogP contribution >= 0.6 is 11.6 Å². The molecule has 0 aliphatic rings. The zero-order valence-corrected chi connectivity index (χ0v) is 25.1. The lowest BCUT2D eigenvalue weighted by Gasteiger charge is -2.33. The Labute approximate surface area is 243 Å². The van der Waals surface area contributed by atoms with Gasteiger partial charge in [-0.1, -0.05) is 80.9 Å². The highest BCUT2D eigenvalue weighted by Crippen LogP contribution is 2.28. The minimum Gasteiger partial charge on any atom is -0.354 e. The third kappa shape index (κ3) is 8.08. The monoisotopic (exact) mass is 583 g/mol. The van der Waals surface area contributed by atoms with Crippen molar-refractivity contribution >= 4 is 39.1 Å². The van der Waals surface area contributed by atoms with Gasteiger partial charge in [0.2, 0.25) is 11.8 Å². The van der Waals surface area contributed by atoms with Crippen LogP contribution in [0.25, 0.3) is 0 Å². The molecule has 0 saturated heterocycles. The number of benzene rings is 3. The van der Waals surface area contributed by atoms with Crippen molar-refractivity contribution in [3.63, 3.8) is 0 Å². The molecule has 9 heteroatoms. The maximum Gasteiger partial charge on any atom is 0.264 e. The Kier molecular flexibility index (Phi) is 11.2. The number of para-hydroxylation sites is 1. The van der Waals surface area contributed by atoms with Crippen LogP contribution in [0.5, 0.6) is 0 Å². The average molecular weight is 584 g/mol. The summed E-state index contributed by atoms with van der Waals surface area (Å²) >= 11 is 6.01. The first kappa shape index (κ1) is 31.2. The van der Waals surface area contributed by atoms with Gasteiger partial charge >= 0.3 is 0 Å². The van der Waals surface area contributed by atoms with E-state index in [2.05, 4.69) is 5.32 Å². The predicted molar refractivity (Wildman–Crippen MR) is 161 cm³/mol. The van der Waals surface area contributed by atoms with E-state index in [1.807, 2.05) is 57.2 Å². The Balaban J connectivity index is 2.00. The molecule has 0 radical (unpaired) electrons. The molecule has 1 N–H and O–H groups in total. The fraction of sp³-hybridized carbons (Fsp3) is 0.355. The molecule has 3 aromatic rings. The molecule has 3 rings (SSSR count). The van der Waals surface area contributed by atoms with Crippen LogP contribution in [0, 0.1) is 12.8 Å². The fourth-order valence-electron chi connectivity index (χ4n) is 4.41. The van der Waals surface area contributed by atoms with Crippen molar-refractivity contribution in [2.24, 2.45) is 5.92 Å².